The molecule has 1 unspecified atom stereocenters. The molecular formula is C5H7NO. The molecule has 1 aliphatic heterocycles. The van der Waals surface area contributed by atoms with Crippen LogP contribution in [0.25, 0.3) is 0 Å². The molecular weight excluding hydrogens is 90.1 g/mol. The van der Waals surface area contributed by atoms with Crippen molar-refractivity contribution in [3.05, 3.63) is 12.3 Å². The largest absolute Gasteiger partial charge is 0.384 e. The van der Waals surface area contributed by atoms with E-state index in [1.54, 1.807) is 0 Å². The summed E-state index contributed by atoms with van der Waals surface area (Å²) >= 11 is 0. The molecule has 1 atom stereocenters. The standard InChI is InChI=1S/C5H7NO/c7-4-2-5-1-3-6-5/h1,3-6H,2H2. The van der Waals surface area contributed by atoms with Crippen molar-refractivity contribution < 1.29 is 4.79 Å². The Kier molecular flexibility index (Phi) is 1.11. The summed E-state index contributed by atoms with van der Waals surface area (Å²) in [4.78, 5) is 9.73. The van der Waals surface area contributed by atoms with Crippen LogP contribution in [0.15, 0.2) is 12.3 Å². The molecule has 0 spiro atoms. The molecule has 0 aliphatic carbocycles. The molecule has 2 heteroatoms. The molecule has 1 N–H and O–H groups in total. The van der Waals surface area contributed by atoms with E-state index in [4.69, 9.17) is 0 Å². The first-order valence-corrected chi connectivity index (χ1v) is 2.30. The van der Waals surface area contributed by atoms with E-state index < -0.39 is 0 Å². The number of nitrogens with one attached hydrogen (secondary N) is 1. The van der Waals surface area contributed by atoms with Gasteiger partial charge in [-0.2, -0.15) is 0 Å². The number of aldehydes is 1. The van der Waals surface area contributed by atoms with Crippen LogP contribution in [-0.2, 0) is 4.79 Å². The van der Waals surface area contributed by atoms with Crippen molar-refractivity contribution >= 4 is 6.29 Å². The van der Waals surface area contributed by atoms with Crippen molar-refractivity contribution in [1.29, 1.82) is 0 Å². The molecule has 0 radical (unpaired) electrons. The summed E-state index contributed by atoms with van der Waals surface area (Å²) in [5.41, 5.74) is 0. The number of carbonyl (C=O) groups excluding carboxylic acids is 1. The average molecular weight is 97.1 g/mol. The molecule has 0 aromatic heterocycles. The van der Waals surface area contributed by atoms with Crippen LogP contribution in [0.3, 0.4) is 0 Å². The zero-order valence-corrected chi connectivity index (χ0v) is 3.92. The van der Waals surface area contributed by atoms with Crippen LogP contribution in [0.2, 0.25) is 0 Å². The van der Waals surface area contributed by atoms with Crippen LogP contribution in [0.4, 0.5) is 0 Å². The maximum absolute atomic E-state index is 9.73. The van der Waals surface area contributed by atoms with Gasteiger partial charge >= 0.3 is 0 Å². The normalized spacial score (nSPS) is 25.4. The quantitative estimate of drug-likeness (QED) is 0.494. The minimum absolute atomic E-state index is 0.331. The van der Waals surface area contributed by atoms with Crippen LogP contribution in [0, 0.1) is 0 Å². The highest BCUT2D eigenvalue weighted by Gasteiger charge is 2.05. The van der Waals surface area contributed by atoms with Crippen LogP contribution < -0.4 is 5.32 Å². The van der Waals surface area contributed by atoms with Crippen LogP contribution in [0.1, 0.15) is 6.42 Å². The fraction of sp³-hybridized carbons (Fsp3) is 0.400. The zero-order valence-electron chi connectivity index (χ0n) is 3.92. The van der Waals surface area contributed by atoms with Gasteiger partial charge < -0.3 is 10.1 Å². The SMILES string of the molecule is O=CCC1C=CN1. The molecule has 2 nitrogen and oxygen atoms in total. The summed E-state index contributed by atoms with van der Waals surface area (Å²) in [6.45, 7) is 0. The Morgan fingerprint density at radius 3 is 2.71 bits per heavy atom. The third kappa shape index (κ3) is 0.796. The highest BCUT2D eigenvalue weighted by atomic mass is 16.1. The van der Waals surface area contributed by atoms with Crippen molar-refractivity contribution in [2.75, 3.05) is 0 Å². The van der Waals surface area contributed by atoms with E-state index in [2.05, 4.69) is 5.32 Å². The molecule has 0 saturated heterocycles. The van der Waals surface area contributed by atoms with E-state index in [9.17, 15) is 4.79 Å². The topological polar surface area (TPSA) is 29.1 Å². The molecule has 1 rings (SSSR count). The summed E-state index contributed by atoms with van der Waals surface area (Å²) in [6.07, 6.45) is 5.33. The number of carbonyl (C=O) groups is 1. The lowest BCUT2D eigenvalue weighted by molar-refractivity contribution is -0.108. The molecule has 0 bridgehead atoms. The van der Waals surface area contributed by atoms with Crippen LogP contribution in [0.5, 0.6) is 0 Å². The smallest absolute Gasteiger partial charge is 0.122 e. The monoisotopic (exact) mass is 97.1 g/mol. The van der Waals surface area contributed by atoms with E-state index in [0.717, 1.165) is 6.29 Å². The van der Waals surface area contributed by atoms with Gasteiger partial charge in [-0.3, -0.25) is 0 Å². The Morgan fingerprint density at radius 1 is 1.86 bits per heavy atom. The second kappa shape index (κ2) is 1.78. The fourth-order valence-electron chi connectivity index (χ4n) is 0.483. The Balaban J connectivity index is 2.17. The number of rotatable bonds is 2. The Morgan fingerprint density at radius 2 is 2.57 bits per heavy atom. The van der Waals surface area contributed by atoms with E-state index >= 15 is 0 Å². The first-order valence-electron chi connectivity index (χ1n) is 2.30. The van der Waals surface area contributed by atoms with Crippen molar-refractivity contribution in [2.45, 2.75) is 12.5 Å². The van der Waals surface area contributed by atoms with Gasteiger partial charge in [0, 0.05) is 6.42 Å². The molecule has 0 fully saturated rings. The van der Waals surface area contributed by atoms with E-state index in [0.29, 0.717) is 12.5 Å². The van der Waals surface area contributed by atoms with Crippen molar-refractivity contribution in [3.8, 4) is 0 Å². The zero-order chi connectivity index (χ0) is 5.11. The minimum Gasteiger partial charge on any atom is -0.384 e. The predicted molar refractivity (Wildman–Crippen MR) is 26.7 cm³/mol. The third-order valence-corrected chi connectivity index (χ3v) is 0.989. The third-order valence-electron chi connectivity index (χ3n) is 0.989. The highest BCUT2D eigenvalue weighted by Crippen LogP contribution is 1.97. The lowest BCUT2D eigenvalue weighted by atomic mass is 10.1. The van der Waals surface area contributed by atoms with E-state index in [1.165, 1.54) is 0 Å². The average Bonchev–Trinajstić information content (AvgIpc) is 1.55. The summed E-state index contributed by atoms with van der Waals surface area (Å²) in [7, 11) is 0. The molecule has 1 aliphatic rings. The Hall–Kier alpha value is -0.790. The molecule has 0 aromatic carbocycles. The highest BCUT2D eigenvalue weighted by molar-refractivity contribution is 5.51. The van der Waals surface area contributed by atoms with Gasteiger partial charge in [0.05, 0.1) is 6.04 Å². The lowest BCUT2D eigenvalue weighted by Crippen LogP contribution is -2.30. The van der Waals surface area contributed by atoms with Crippen molar-refractivity contribution in [3.63, 3.8) is 0 Å². The second-order valence-electron chi connectivity index (χ2n) is 1.53. The summed E-state index contributed by atoms with van der Waals surface area (Å²) in [5.74, 6) is 0. The first-order chi connectivity index (χ1) is 3.43. The Bertz CT molecular complexity index is 98.3. The van der Waals surface area contributed by atoms with Gasteiger partial charge in [-0.15, -0.1) is 0 Å². The van der Waals surface area contributed by atoms with Crippen LogP contribution in [-0.4, -0.2) is 12.3 Å². The molecule has 1 heterocycles. The lowest BCUT2D eigenvalue weighted by Gasteiger charge is -2.16. The summed E-state index contributed by atoms with van der Waals surface area (Å²) < 4.78 is 0. The minimum atomic E-state index is 0.331. The van der Waals surface area contributed by atoms with Gasteiger partial charge in [0.15, 0.2) is 0 Å². The molecule has 0 aromatic rings. The van der Waals surface area contributed by atoms with Gasteiger partial charge in [-0.25, -0.2) is 0 Å². The van der Waals surface area contributed by atoms with Gasteiger partial charge in [0.2, 0.25) is 0 Å². The summed E-state index contributed by atoms with van der Waals surface area (Å²) in [5, 5.41) is 2.93. The predicted octanol–water partition coefficient (Wildman–Crippen LogP) is 0.0609. The first kappa shape index (κ1) is 4.37. The molecule has 0 saturated carbocycles. The molecule has 7 heavy (non-hydrogen) atoms. The maximum Gasteiger partial charge on any atom is 0.122 e. The number of hydrogen-bond acceptors (Lipinski definition) is 2. The van der Waals surface area contributed by atoms with Gasteiger partial charge in [-0.1, -0.05) is 0 Å². The molecule has 0 amide bonds. The Labute approximate surface area is 42.2 Å². The van der Waals surface area contributed by atoms with Gasteiger partial charge in [0.1, 0.15) is 6.29 Å². The number of hydrogen-bond donors (Lipinski definition) is 1. The van der Waals surface area contributed by atoms with Gasteiger partial charge in [0.25, 0.3) is 0 Å². The maximum atomic E-state index is 9.73. The fourth-order valence-corrected chi connectivity index (χ4v) is 0.483. The van der Waals surface area contributed by atoms with Gasteiger partial charge in [-0.05, 0) is 12.3 Å². The second-order valence-corrected chi connectivity index (χ2v) is 1.53. The van der Waals surface area contributed by atoms with E-state index in [1.807, 2.05) is 12.3 Å². The van der Waals surface area contributed by atoms with Crippen LogP contribution >= 0.6 is 0 Å². The molecule has 38 valence electrons. The van der Waals surface area contributed by atoms with E-state index in [-0.39, 0.29) is 0 Å². The van der Waals surface area contributed by atoms with Crippen molar-refractivity contribution in [1.82, 2.24) is 5.32 Å². The summed E-state index contributed by atoms with van der Waals surface area (Å²) in [6, 6.07) is 0.331. The van der Waals surface area contributed by atoms with Crippen molar-refractivity contribution in [2.24, 2.45) is 0 Å².